The topological polar surface area (TPSA) is 71.5 Å². The van der Waals surface area contributed by atoms with E-state index in [1.54, 1.807) is 0 Å². The molecule has 8 heteroatoms. The quantitative estimate of drug-likeness (QED) is 0.886. The summed E-state index contributed by atoms with van der Waals surface area (Å²) in [7, 11) is 0. The maximum atomic E-state index is 12.2. The third-order valence-corrected chi connectivity index (χ3v) is 4.50. The first-order valence-electron chi connectivity index (χ1n) is 6.00. The molecule has 1 aliphatic rings. The summed E-state index contributed by atoms with van der Waals surface area (Å²) in [6, 6.07) is 0. The number of halogens is 3. The summed E-state index contributed by atoms with van der Waals surface area (Å²) in [4.78, 5) is 16.1. The molecular formula is C12H13Cl3N2O3. The van der Waals surface area contributed by atoms with Crippen LogP contribution >= 0.6 is 34.8 Å². The second-order valence-corrected chi connectivity index (χ2v) is 5.75. The fourth-order valence-electron chi connectivity index (χ4n) is 1.99. The van der Waals surface area contributed by atoms with Crippen LogP contribution in [0.2, 0.25) is 15.1 Å². The molecule has 2 rings (SSSR count). The molecular weight excluding hydrogens is 327 g/mol. The summed E-state index contributed by atoms with van der Waals surface area (Å²) < 4.78 is 5.23. The van der Waals surface area contributed by atoms with Crippen LogP contribution in [0.5, 0.6) is 0 Å². The Kier molecular flexibility index (Phi) is 5.09. The summed E-state index contributed by atoms with van der Waals surface area (Å²) in [5.41, 5.74) is -0.729. The van der Waals surface area contributed by atoms with Gasteiger partial charge in [-0.05, 0) is 12.8 Å². The van der Waals surface area contributed by atoms with Crippen LogP contribution in [0.15, 0.2) is 6.20 Å². The van der Waals surface area contributed by atoms with Crippen LogP contribution in [0.4, 0.5) is 0 Å². The van der Waals surface area contributed by atoms with Crippen LogP contribution in [0.1, 0.15) is 23.3 Å². The highest BCUT2D eigenvalue weighted by Crippen LogP contribution is 2.31. The molecule has 0 aromatic carbocycles. The molecule has 0 unspecified atom stereocenters. The molecule has 1 fully saturated rings. The van der Waals surface area contributed by atoms with Gasteiger partial charge >= 0.3 is 0 Å². The van der Waals surface area contributed by atoms with Crippen molar-refractivity contribution in [3.8, 4) is 0 Å². The zero-order chi connectivity index (χ0) is 14.8. The zero-order valence-corrected chi connectivity index (χ0v) is 12.7. The molecule has 2 heterocycles. The molecule has 0 radical (unpaired) electrons. The third kappa shape index (κ3) is 3.18. The van der Waals surface area contributed by atoms with Crippen molar-refractivity contribution < 1.29 is 14.6 Å². The normalized spacial score (nSPS) is 17.8. The minimum absolute atomic E-state index is 0.00295. The van der Waals surface area contributed by atoms with Gasteiger partial charge in [-0.2, -0.15) is 0 Å². The Labute approximate surface area is 131 Å². The number of amides is 1. The minimum atomic E-state index is -0.716. The monoisotopic (exact) mass is 338 g/mol. The maximum Gasteiger partial charge on any atom is 0.271 e. The Hall–Kier alpha value is -0.590. The lowest BCUT2D eigenvalue weighted by molar-refractivity contribution is 0.0124. The minimum Gasteiger partial charge on any atom is -0.394 e. The highest BCUT2D eigenvalue weighted by Gasteiger charge is 2.34. The molecule has 1 aromatic heterocycles. The van der Waals surface area contributed by atoms with Crippen LogP contribution in [-0.4, -0.2) is 41.4 Å². The lowest BCUT2D eigenvalue weighted by Crippen LogP contribution is -2.54. The number of carbonyl (C=O) groups excluding carboxylic acids is 1. The van der Waals surface area contributed by atoms with E-state index in [1.807, 2.05) is 0 Å². The first-order valence-corrected chi connectivity index (χ1v) is 7.13. The lowest BCUT2D eigenvalue weighted by Gasteiger charge is -2.36. The van der Waals surface area contributed by atoms with Crippen molar-refractivity contribution in [1.29, 1.82) is 0 Å². The van der Waals surface area contributed by atoms with Crippen LogP contribution in [0, 0.1) is 0 Å². The van der Waals surface area contributed by atoms with E-state index in [4.69, 9.17) is 39.5 Å². The van der Waals surface area contributed by atoms with E-state index < -0.39 is 11.4 Å². The lowest BCUT2D eigenvalue weighted by atomic mass is 9.91. The fourth-order valence-corrected chi connectivity index (χ4v) is 2.55. The van der Waals surface area contributed by atoms with E-state index in [0.717, 1.165) is 0 Å². The van der Waals surface area contributed by atoms with Crippen molar-refractivity contribution in [3.05, 3.63) is 27.0 Å². The van der Waals surface area contributed by atoms with Crippen LogP contribution in [-0.2, 0) is 4.74 Å². The predicted octanol–water partition coefficient (Wildman–Crippen LogP) is 2.31. The molecule has 110 valence electrons. The number of rotatable bonds is 3. The molecule has 2 N–H and O–H groups in total. The first-order chi connectivity index (χ1) is 9.49. The standard InChI is InChI=1S/C12H13Cl3N2O3/c13-7-5-16-10(9(15)8(7)14)11(19)17-12(6-18)1-3-20-4-2-12/h5,18H,1-4,6H2,(H,17,19). The largest absolute Gasteiger partial charge is 0.394 e. The van der Waals surface area contributed by atoms with Gasteiger partial charge in [-0.15, -0.1) is 0 Å². The van der Waals surface area contributed by atoms with Gasteiger partial charge in [0.25, 0.3) is 5.91 Å². The highest BCUT2D eigenvalue weighted by atomic mass is 35.5. The number of aliphatic hydroxyl groups excluding tert-OH is 1. The number of ether oxygens (including phenoxy) is 1. The summed E-state index contributed by atoms with van der Waals surface area (Å²) in [5, 5.41) is 12.6. The SMILES string of the molecule is O=C(NC1(CO)CCOCC1)c1ncc(Cl)c(Cl)c1Cl. The Balaban J connectivity index is 2.21. The van der Waals surface area contributed by atoms with Gasteiger partial charge in [-0.25, -0.2) is 4.98 Å². The van der Waals surface area contributed by atoms with Crippen molar-refractivity contribution in [3.63, 3.8) is 0 Å². The van der Waals surface area contributed by atoms with Crippen LogP contribution in [0.25, 0.3) is 0 Å². The van der Waals surface area contributed by atoms with Crippen molar-refractivity contribution >= 4 is 40.7 Å². The second kappa shape index (κ2) is 6.45. The molecule has 0 spiro atoms. The van der Waals surface area contributed by atoms with Gasteiger partial charge in [-0.1, -0.05) is 34.8 Å². The molecule has 0 saturated carbocycles. The summed E-state index contributed by atoms with van der Waals surface area (Å²) in [5.74, 6) is -0.496. The van der Waals surface area contributed by atoms with Gasteiger partial charge in [-0.3, -0.25) is 4.79 Å². The Bertz CT molecular complexity index is 519. The molecule has 0 aliphatic carbocycles. The van der Waals surface area contributed by atoms with Gasteiger partial charge in [0.05, 0.1) is 27.2 Å². The first kappa shape index (κ1) is 15.8. The average Bonchev–Trinajstić information content (AvgIpc) is 2.45. The zero-order valence-electron chi connectivity index (χ0n) is 10.5. The number of aromatic nitrogens is 1. The van der Waals surface area contributed by atoms with Crippen molar-refractivity contribution in [1.82, 2.24) is 10.3 Å². The van der Waals surface area contributed by atoms with E-state index in [1.165, 1.54) is 6.20 Å². The third-order valence-electron chi connectivity index (χ3n) is 3.26. The molecule has 1 aliphatic heterocycles. The molecule has 0 atom stereocenters. The van der Waals surface area contributed by atoms with E-state index in [0.29, 0.717) is 26.1 Å². The second-order valence-electron chi connectivity index (χ2n) is 4.59. The molecule has 1 saturated heterocycles. The van der Waals surface area contributed by atoms with E-state index >= 15 is 0 Å². The number of nitrogens with one attached hydrogen (secondary N) is 1. The summed E-state index contributed by atoms with van der Waals surface area (Å²) in [6.07, 6.45) is 2.31. The molecule has 1 aromatic rings. The Morgan fingerprint density at radius 1 is 1.35 bits per heavy atom. The molecule has 5 nitrogen and oxygen atoms in total. The smallest absolute Gasteiger partial charge is 0.271 e. The number of aliphatic hydroxyl groups is 1. The van der Waals surface area contributed by atoms with Gasteiger partial charge in [0, 0.05) is 19.4 Å². The summed E-state index contributed by atoms with van der Waals surface area (Å²) in [6.45, 7) is 0.772. The molecule has 20 heavy (non-hydrogen) atoms. The van der Waals surface area contributed by atoms with E-state index in [2.05, 4.69) is 10.3 Å². The number of hydrogen-bond donors (Lipinski definition) is 2. The van der Waals surface area contributed by atoms with Crippen molar-refractivity contribution in [2.45, 2.75) is 18.4 Å². The van der Waals surface area contributed by atoms with E-state index in [-0.39, 0.29) is 27.4 Å². The van der Waals surface area contributed by atoms with E-state index in [9.17, 15) is 9.90 Å². The summed E-state index contributed by atoms with van der Waals surface area (Å²) >= 11 is 17.6. The van der Waals surface area contributed by atoms with Gasteiger partial charge in [0.15, 0.2) is 0 Å². The predicted molar refractivity (Wildman–Crippen MR) is 76.6 cm³/mol. The van der Waals surface area contributed by atoms with Crippen LogP contribution in [0.3, 0.4) is 0 Å². The van der Waals surface area contributed by atoms with Gasteiger partial charge < -0.3 is 15.2 Å². The van der Waals surface area contributed by atoms with Gasteiger partial charge in [0.1, 0.15) is 5.69 Å². The Morgan fingerprint density at radius 3 is 2.60 bits per heavy atom. The number of pyridine rings is 1. The highest BCUT2D eigenvalue weighted by molar-refractivity contribution is 6.48. The number of nitrogens with zero attached hydrogens (tertiary/aromatic N) is 1. The van der Waals surface area contributed by atoms with Crippen molar-refractivity contribution in [2.75, 3.05) is 19.8 Å². The number of hydrogen-bond acceptors (Lipinski definition) is 4. The van der Waals surface area contributed by atoms with Crippen LogP contribution < -0.4 is 5.32 Å². The van der Waals surface area contributed by atoms with Gasteiger partial charge in [0.2, 0.25) is 0 Å². The maximum absolute atomic E-state index is 12.2. The fraction of sp³-hybridized carbons (Fsp3) is 0.500. The average molecular weight is 340 g/mol. The molecule has 0 bridgehead atoms. The number of carbonyl (C=O) groups is 1. The Morgan fingerprint density at radius 2 is 2.00 bits per heavy atom. The van der Waals surface area contributed by atoms with Crippen molar-refractivity contribution in [2.24, 2.45) is 0 Å². The molecule has 1 amide bonds.